The second kappa shape index (κ2) is 14.1. The highest BCUT2D eigenvalue weighted by atomic mass is 32.2. The average molecular weight is 551 g/mol. The van der Waals surface area contributed by atoms with E-state index < -0.39 is 11.7 Å². The van der Waals surface area contributed by atoms with Gasteiger partial charge < -0.3 is 15.5 Å². The Kier molecular flexibility index (Phi) is 11.2. The van der Waals surface area contributed by atoms with Crippen LogP contribution in [0.25, 0.3) is 0 Å². The van der Waals surface area contributed by atoms with Crippen molar-refractivity contribution in [1.82, 2.24) is 9.80 Å². The molecule has 0 atom stereocenters. The Balaban J connectivity index is 0.00000195. The van der Waals surface area contributed by atoms with E-state index in [1.54, 1.807) is 6.07 Å². The van der Waals surface area contributed by atoms with E-state index in [1.165, 1.54) is 29.1 Å². The van der Waals surface area contributed by atoms with Crippen molar-refractivity contribution in [2.75, 3.05) is 56.4 Å². The number of carbonyl (C=O) groups excluding carboxylic acids is 1. The summed E-state index contributed by atoms with van der Waals surface area (Å²) in [6, 6.07) is 12.8. The summed E-state index contributed by atoms with van der Waals surface area (Å²) in [6.07, 6.45) is -1.50. The van der Waals surface area contributed by atoms with E-state index in [4.69, 9.17) is 5.73 Å². The summed E-state index contributed by atoms with van der Waals surface area (Å²) in [5.41, 5.74) is 7.02. The van der Waals surface area contributed by atoms with Crippen molar-refractivity contribution < 1.29 is 18.0 Å². The molecule has 0 aliphatic carbocycles. The lowest BCUT2D eigenvalue weighted by atomic mass is 10.1. The summed E-state index contributed by atoms with van der Waals surface area (Å²) in [5.74, 6) is 0.184. The van der Waals surface area contributed by atoms with Crippen LogP contribution in [0.1, 0.15) is 50.7 Å². The van der Waals surface area contributed by atoms with E-state index in [1.807, 2.05) is 18.7 Å². The number of rotatable bonds is 7. The van der Waals surface area contributed by atoms with Crippen LogP contribution in [0.2, 0.25) is 0 Å². The molecule has 1 amide bonds. The van der Waals surface area contributed by atoms with Crippen LogP contribution in [-0.2, 0) is 11.0 Å². The van der Waals surface area contributed by atoms with Gasteiger partial charge in [-0.25, -0.2) is 0 Å². The number of piperidine rings is 1. The lowest BCUT2D eigenvalue weighted by molar-refractivity contribution is -0.137. The zero-order valence-corrected chi connectivity index (χ0v) is 23.6. The molecule has 2 aliphatic heterocycles. The van der Waals surface area contributed by atoms with E-state index >= 15 is 0 Å². The molecule has 2 N–H and O–H groups in total. The first kappa shape index (κ1) is 30.2. The van der Waals surface area contributed by atoms with Gasteiger partial charge >= 0.3 is 6.18 Å². The van der Waals surface area contributed by atoms with Gasteiger partial charge in [0.05, 0.1) is 5.56 Å². The number of nitrogens with two attached hydrogens (primary N) is 1. The number of nitrogen functional groups attached to an aromatic ring is 1. The molecule has 0 spiro atoms. The van der Waals surface area contributed by atoms with Gasteiger partial charge in [0.15, 0.2) is 0 Å². The highest BCUT2D eigenvalue weighted by Gasteiger charge is 2.33. The first-order valence-electron chi connectivity index (χ1n) is 13.6. The predicted octanol–water partition coefficient (Wildman–Crippen LogP) is 6.31. The molecule has 0 saturated carbocycles. The van der Waals surface area contributed by atoms with Gasteiger partial charge in [-0.3, -0.25) is 9.69 Å². The fourth-order valence-electron chi connectivity index (χ4n) is 4.87. The monoisotopic (exact) mass is 550 g/mol. The fourth-order valence-corrected chi connectivity index (χ4v) is 6.03. The van der Waals surface area contributed by atoms with Crippen LogP contribution in [0.15, 0.2) is 47.4 Å². The molecule has 5 nitrogen and oxygen atoms in total. The number of anilines is 2. The van der Waals surface area contributed by atoms with Crippen LogP contribution in [0.5, 0.6) is 0 Å². The SMILES string of the molecule is CC.Cc1ccc(N2CCN(CCCC(=O)N3CCC(Sc4ccc(N)c(C(F)(F)F)c4)CC3)CC2)cc1. The number of alkyl halides is 3. The molecule has 38 heavy (non-hydrogen) atoms. The third kappa shape index (κ3) is 8.56. The molecule has 2 aromatic rings. The second-order valence-corrected chi connectivity index (χ2v) is 11.1. The van der Waals surface area contributed by atoms with Crippen molar-refractivity contribution in [3.8, 4) is 0 Å². The number of hydrogen-bond acceptors (Lipinski definition) is 5. The predicted molar refractivity (Wildman–Crippen MR) is 152 cm³/mol. The highest BCUT2D eigenvalue weighted by Crippen LogP contribution is 2.38. The first-order valence-corrected chi connectivity index (χ1v) is 14.5. The van der Waals surface area contributed by atoms with E-state index in [0.717, 1.165) is 58.1 Å². The third-order valence-corrected chi connectivity index (χ3v) is 8.39. The molecule has 2 heterocycles. The molecular formula is C29H41F3N4OS. The maximum Gasteiger partial charge on any atom is 0.418 e. The van der Waals surface area contributed by atoms with Crippen LogP contribution in [0.4, 0.5) is 24.5 Å². The largest absolute Gasteiger partial charge is 0.418 e. The Morgan fingerprint density at radius 3 is 2.21 bits per heavy atom. The number of amides is 1. The van der Waals surface area contributed by atoms with E-state index in [0.29, 0.717) is 24.4 Å². The van der Waals surface area contributed by atoms with Gasteiger partial charge in [0.25, 0.3) is 0 Å². The van der Waals surface area contributed by atoms with E-state index in [2.05, 4.69) is 41.0 Å². The number of halogens is 3. The maximum absolute atomic E-state index is 13.1. The highest BCUT2D eigenvalue weighted by molar-refractivity contribution is 8.00. The van der Waals surface area contributed by atoms with Crippen LogP contribution in [-0.4, -0.2) is 66.8 Å². The number of piperazine rings is 1. The molecule has 210 valence electrons. The minimum Gasteiger partial charge on any atom is -0.398 e. The quantitative estimate of drug-likeness (QED) is 0.410. The number of carbonyl (C=O) groups is 1. The number of aryl methyl sites for hydroxylation is 1. The van der Waals surface area contributed by atoms with E-state index in [9.17, 15) is 18.0 Å². The molecule has 2 saturated heterocycles. The third-order valence-electron chi connectivity index (χ3n) is 7.06. The lowest BCUT2D eigenvalue weighted by Gasteiger charge is -2.36. The van der Waals surface area contributed by atoms with Gasteiger partial charge in [0.1, 0.15) is 0 Å². The van der Waals surface area contributed by atoms with Crippen molar-refractivity contribution in [3.05, 3.63) is 53.6 Å². The smallest absolute Gasteiger partial charge is 0.398 e. The molecule has 0 aromatic heterocycles. The van der Waals surface area contributed by atoms with Gasteiger partial charge in [0, 0.05) is 67.2 Å². The fraction of sp³-hybridized carbons (Fsp3) is 0.552. The molecule has 9 heteroatoms. The summed E-state index contributed by atoms with van der Waals surface area (Å²) in [7, 11) is 0. The minimum atomic E-state index is -4.45. The number of thioether (sulfide) groups is 1. The first-order chi connectivity index (χ1) is 18.2. The molecular weight excluding hydrogens is 509 g/mol. The van der Waals surface area contributed by atoms with Crippen molar-refractivity contribution in [2.45, 2.75) is 62.8 Å². The molecule has 2 aliphatic rings. The van der Waals surface area contributed by atoms with Crippen molar-refractivity contribution in [2.24, 2.45) is 0 Å². The van der Waals surface area contributed by atoms with Crippen molar-refractivity contribution in [1.29, 1.82) is 0 Å². The molecule has 2 fully saturated rings. The molecule has 2 aromatic carbocycles. The summed E-state index contributed by atoms with van der Waals surface area (Å²) in [4.78, 5) is 20.0. The summed E-state index contributed by atoms with van der Waals surface area (Å²) < 4.78 is 39.4. The Labute approximate surface area is 229 Å². The number of nitrogens with zero attached hydrogens (tertiary/aromatic N) is 3. The van der Waals surface area contributed by atoms with Gasteiger partial charge in [-0.05, 0) is 63.1 Å². The number of likely N-dealkylation sites (tertiary alicyclic amines) is 1. The van der Waals surface area contributed by atoms with E-state index in [-0.39, 0.29) is 16.8 Å². The van der Waals surface area contributed by atoms with Gasteiger partial charge in [-0.15, -0.1) is 11.8 Å². The van der Waals surface area contributed by atoms with Crippen molar-refractivity contribution >= 4 is 29.0 Å². The normalized spacial score (nSPS) is 17.2. The average Bonchev–Trinajstić information content (AvgIpc) is 2.91. The topological polar surface area (TPSA) is 52.8 Å². The summed E-state index contributed by atoms with van der Waals surface area (Å²) >= 11 is 1.45. The van der Waals surface area contributed by atoms with Gasteiger partial charge in [-0.1, -0.05) is 31.5 Å². The van der Waals surface area contributed by atoms with Crippen molar-refractivity contribution in [3.63, 3.8) is 0 Å². The van der Waals surface area contributed by atoms with Crippen LogP contribution < -0.4 is 10.6 Å². The molecule has 0 bridgehead atoms. The second-order valence-electron chi connectivity index (χ2n) is 9.71. The summed E-state index contributed by atoms with van der Waals surface area (Å²) in [6.45, 7) is 12.4. The zero-order valence-electron chi connectivity index (χ0n) is 22.8. The molecule has 4 rings (SSSR count). The Morgan fingerprint density at radius 1 is 0.974 bits per heavy atom. The molecule has 0 radical (unpaired) electrons. The van der Waals surface area contributed by atoms with Crippen LogP contribution >= 0.6 is 11.8 Å². The Bertz CT molecular complexity index is 1020. The van der Waals surface area contributed by atoms with Crippen LogP contribution in [0.3, 0.4) is 0 Å². The maximum atomic E-state index is 13.1. The van der Waals surface area contributed by atoms with Gasteiger partial charge in [-0.2, -0.15) is 13.2 Å². The van der Waals surface area contributed by atoms with Crippen LogP contribution in [0, 0.1) is 6.92 Å². The number of hydrogen-bond donors (Lipinski definition) is 1. The standard InChI is InChI=1S/C27H35F3N4OS.C2H6/c1-20-4-6-21(7-5-20)33-17-15-32(16-18-33)12-2-3-26(35)34-13-10-22(11-14-34)36-23-8-9-25(31)24(19-23)27(28,29)30;1-2/h4-9,19,22H,2-3,10-18,31H2,1H3;1-2H3. The zero-order chi connectivity index (χ0) is 27.7. The van der Waals surface area contributed by atoms with Gasteiger partial charge in [0.2, 0.25) is 5.91 Å². The molecule has 0 unspecified atom stereocenters. The number of benzene rings is 2. The summed E-state index contributed by atoms with van der Waals surface area (Å²) in [5, 5.41) is 0.198. The Morgan fingerprint density at radius 2 is 1.61 bits per heavy atom. The Hall–Kier alpha value is -2.39. The lowest BCUT2D eigenvalue weighted by Crippen LogP contribution is -2.46. The minimum absolute atomic E-state index is 0.184.